The molecule has 3 N–H and O–H groups in total. The Labute approximate surface area is 124 Å². The predicted molar refractivity (Wildman–Crippen MR) is 84.2 cm³/mol. The van der Waals surface area contributed by atoms with Crippen molar-refractivity contribution in [1.82, 2.24) is 9.97 Å². The molecule has 1 aromatic carbocycles. The maximum Gasteiger partial charge on any atom is 0.239 e. The highest BCUT2D eigenvalue weighted by molar-refractivity contribution is 5.90. The summed E-state index contributed by atoms with van der Waals surface area (Å²) in [5.74, 6) is 7.46. The minimum Gasteiger partial charge on any atom is -0.384 e. The van der Waals surface area contributed by atoms with Gasteiger partial charge in [-0.15, -0.1) is 0 Å². The van der Waals surface area contributed by atoms with Crippen molar-refractivity contribution in [2.24, 2.45) is 11.8 Å². The first-order valence-electron chi connectivity index (χ1n) is 7.29. The lowest BCUT2D eigenvalue weighted by atomic mass is 9.98. The fourth-order valence-corrected chi connectivity index (χ4v) is 2.99. The summed E-state index contributed by atoms with van der Waals surface area (Å²) in [7, 11) is 1.76. The minimum absolute atomic E-state index is 0.456. The molecule has 1 fully saturated rings. The van der Waals surface area contributed by atoms with Gasteiger partial charge in [0.2, 0.25) is 5.95 Å². The standard InChI is InChI=1S/C15H21N5O/c1-21-10-11-5-4-8-20(9-11)14-12-6-2-3-7-13(12)17-15(18-14)19-16/h2-3,6-7,11H,4-5,8-10,16H2,1H3,(H,17,18,19). The Balaban J connectivity index is 1.98. The lowest BCUT2D eigenvalue weighted by molar-refractivity contribution is 0.143. The zero-order valence-electron chi connectivity index (χ0n) is 12.2. The number of hydrazine groups is 1. The molecule has 0 saturated carbocycles. The van der Waals surface area contributed by atoms with E-state index >= 15 is 0 Å². The van der Waals surface area contributed by atoms with Gasteiger partial charge in [0.15, 0.2) is 0 Å². The van der Waals surface area contributed by atoms with Gasteiger partial charge in [0.1, 0.15) is 5.82 Å². The first kappa shape index (κ1) is 14.0. The molecule has 1 atom stereocenters. The second kappa shape index (κ2) is 6.24. The molecule has 2 heterocycles. The second-order valence-electron chi connectivity index (χ2n) is 5.44. The maximum absolute atomic E-state index is 5.50. The molecular weight excluding hydrogens is 266 g/mol. The average Bonchev–Trinajstić information content (AvgIpc) is 2.54. The summed E-state index contributed by atoms with van der Waals surface area (Å²) >= 11 is 0. The molecule has 0 aliphatic carbocycles. The largest absolute Gasteiger partial charge is 0.384 e. The fraction of sp³-hybridized carbons (Fsp3) is 0.467. The summed E-state index contributed by atoms with van der Waals surface area (Å²) in [5, 5.41) is 1.06. The SMILES string of the molecule is COCC1CCCN(c2nc(NN)nc3ccccc23)C1. The number of benzene rings is 1. The molecule has 1 saturated heterocycles. The van der Waals surface area contributed by atoms with Gasteiger partial charge in [-0.3, -0.25) is 5.43 Å². The number of ether oxygens (including phenoxy) is 1. The van der Waals surface area contributed by atoms with Crippen LogP contribution in [0.4, 0.5) is 11.8 Å². The molecule has 21 heavy (non-hydrogen) atoms. The topological polar surface area (TPSA) is 76.3 Å². The molecule has 112 valence electrons. The number of piperidine rings is 1. The summed E-state index contributed by atoms with van der Waals surface area (Å²) in [5.41, 5.74) is 3.47. The number of hydrogen-bond donors (Lipinski definition) is 2. The summed E-state index contributed by atoms with van der Waals surface area (Å²) in [4.78, 5) is 11.3. The fourth-order valence-electron chi connectivity index (χ4n) is 2.99. The summed E-state index contributed by atoms with van der Waals surface area (Å²) in [6.07, 6.45) is 2.35. The monoisotopic (exact) mass is 287 g/mol. The van der Waals surface area contributed by atoms with Crippen molar-refractivity contribution in [3.8, 4) is 0 Å². The van der Waals surface area contributed by atoms with Crippen LogP contribution >= 0.6 is 0 Å². The number of rotatable bonds is 4. The van der Waals surface area contributed by atoms with Gasteiger partial charge in [-0.05, 0) is 30.9 Å². The van der Waals surface area contributed by atoms with Crippen molar-refractivity contribution in [3.05, 3.63) is 24.3 Å². The number of hydrogen-bond acceptors (Lipinski definition) is 6. The Morgan fingerprint density at radius 2 is 2.24 bits per heavy atom. The molecule has 3 rings (SSSR count). The van der Waals surface area contributed by atoms with Crippen molar-refractivity contribution in [2.45, 2.75) is 12.8 Å². The van der Waals surface area contributed by atoms with E-state index in [1.54, 1.807) is 7.11 Å². The highest BCUT2D eigenvalue weighted by atomic mass is 16.5. The summed E-state index contributed by atoms with van der Waals surface area (Å²) in [6, 6.07) is 8.04. The van der Waals surface area contributed by atoms with Gasteiger partial charge in [0.25, 0.3) is 0 Å². The maximum atomic E-state index is 5.50. The van der Waals surface area contributed by atoms with Gasteiger partial charge in [0.05, 0.1) is 12.1 Å². The van der Waals surface area contributed by atoms with Crippen LogP contribution in [0.25, 0.3) is 10.9 Å². The molecule has 1 unspecified atom stereocenters. The number of fused-ring (bicyclic) bond motifs is 1. The van der Waals surface area contributed by atoms with Gasteiger partial charge in [-0.25, -0.2) is 10.8 Å². The van der Waals surface area contributed by atoms with E-state index in [-0.39, 0.29) is 0 Å². The molecular formula is C15H21N5O. The van der Waals surface area contributed by atoms with Crippen molar-refractivity contribution >= 4 is 22.7 Å². The van der Waals surface area contributed by atoms with E-state index in [0.717, 1.165) is 42.8 Å². The van der Waals surface area contributed by atoms with E-state index in [9.17, 15) is 0 Å². The van der Waals surface area contributed by atoms with E-state index in [0.29, 0.717) is 11.9 Å². The predicted octanol–water partition coefficient (Wildman–Crippen LogP) is 1.78. The van der Waals surface area contributed by atoms with Crippen molar-refractivity contribution in [3.63, 3.8) is 0 Å². The molecule has 0 amide bonds. The van der Waals surface area contributed by atoms with E-state index in [1.165, 1.54) is 6.42 Å². The molecule has 0 bridgehead atoms. The van der Waals surface area contributed by atoms with Crippen LogP contribution in [0.15, 0.2) is 24.3 Å². The molecule has 1 aliphatic heterocycles. The molecule has 6 nitrogen and oxygen atoms in total. The highest BCUT2D eigenvalue weighted by Gasteiger charge is 2.23. The van der Waals surface area contributed by atoms with Crippen LogP contribution < -0.4 is 16.2 Å². The van der Waals surface area contributed by atoms with Crippen LogP contribution in [0.3, 0.4) is 0 Å². The second-order valence-corrected chi connectivity index (χ2v) is 5.44. The molecule has 6 heteroatoms. The van der Waals surface area contributed by atoms with Crippen molar-refractivity contribution < 1.29 is 4.74 Å². The Bertz CT molecular complexity index is 616. The van der Waals surface area contributed by atoms with E-state index in [1.807, 2.05) is 18.2 Å². The number of methoxy groups -OCH3 is 1. The Kier molecular flexibility index (Phi) is 4.17. The Morgan fingerprint density at radius 1 is 1.38 bits per heavy atom. The number of nitrogens with one attached hydrogen (secondary N) is 1. The molecule has 0 radical (unpaired) electrons. The smallest absolute Gasteiger partial charge is 0.239 e. The van der Waals surface area contributed by atoms with Gasteiger partial charge in [-0.2, -0.15) is 4.98 Å². The van der Waals surface area contributed by atoms with Gasteiger partial charge < -0.3 is 9.64 Å². The molecule has 0 spiro atoms. The van der Waals surface area contributed by atoms with Gasteiger partial charge >= 0.3 is 0 Å². The van der Waals surface area contributed by atoms with Crippen LogP contribution in [-0.2, 0) is 4.74 Å². The third-order valence-corrected chi connectivity index (χ3v) is 3.93. The highest BCUT2D eigenvalue weighted by Crippen LogP contribution is 2.29. The van der Waals surface area contributed by atoms with Crippen LogP contribution in [0.5, 0.6) is 0 Å². The summed E-state index contributed by atoms with van der Waals surface area (Å²) in [6.45, 7) is 2.76. The number of nitrogen functional groups attached to an aromatic ring is 1. The number of nitrogens with two attached hydrogens (primary N) is 1. The Hall–Kier alpha value is -1.92. The Morgan fingerprint density at radius 3 is 3.05 bits per heavy atom. The number of anilines is 2. The lowest BCUT2D eigenvalue weighted by Crippen LogP contribution is -2.38. The number of nitrogens with zero attached hydrogens (tertiary/aromatic N) is 3. The quantitative estimate of drug-likeness (QED) is 0.659. The minimum atomic E-state index is 0.456. The van der Waals surface area contributed by atoms with Crippen LogP contribution in [0.2, 0.25) is 0 Å². The number of aromatic nitrogens is 2. The van der Waals surface area contributed by atoms with Crippen LogP contribution in [0.1, 0.15) is 12.8 Å². The normalized spacial score (nSPS) is 19.0. The lowest BCUT2D eigenvalue weighted by Gasteiger charge is -2.33. The number of para-hydroxylation sites is 1. The molecule has 1 aromatic heterocycles. The van der Waals surface area contributed by atoms with Gasteiger partial charge in [-0.1, -0.05) is 12.1 Å². The first-order valence-corrected chi connectivity index (χ1v) is 7.29. The molecule has 1 aliphatic rings. The van der Waals surface area contributed by atoms with E-state index in [4.69, 9.17) is 10.6 Å². The zero-order chi connectivity index (χ0) is 14.7. The van der Waals surface area contributed by atoms with E-state index in [2.05, 4.69) is 26.4 Å². The third-order valence-electron chi connectivity index (χ3n) is 3.93. The van der Waals surface area contributed by atoms with Crippen molar-refractivity contribution in [1.29, 1.82) is 0 Å². The average molecular weight is 287 g/mol. The van der Waals surface area contributed by atoms with Crippen LogP contribution in [-0.4, -0.2) is 36.8 Å². The molecule has 2 aromatic rings. The van der Waals surface area contributed by atoms with Crippen LogP contribution in [0, 0.1) is 5.92 Å². The van der Waals surface area contributed by atoms with Crippen molar-refractivity contribution in [2.75, 3.05) is 37.1 Å². The van der Waals surface area contributed by atoms with E-state index < -0.39 is 0 Å². The van der Waals surface area contributed by atoms with Gasteiger partial charge in [0, 0.05) is 25.6 Å². The third kappa shape index (κ3) is 2.91. The summed E-state index contributed by atoms with van der Waals surface area (Å²) < 4.78 is 5.31. The zero-order valence-corrected chi connectivity index (χ0v) is 12.2. The first-order chi connectivity index (χ1) is 10.3.